The molecule has 0 aromatic carbocycles. The van der Waals surface area contributed by atoms with Crippen LogP contribution in [0.2, 0.25) is 18.1 Å². The Labute approximate surface area is 171 Å². The maximum atomic E-state index is 7.65. The summed E-state index contributed by atoms with van der Waals surface area (Å²) in [5, 5.41) is 0. The monoisotopic (exact) mass is 411 g/mol. The summed E-state index contributed by atoms with van der Waals surface area (Å²) in [4.78, 5) is 0. The first-order valence-electron chi connectivity index (χ1n) is 11.3. The molecule has 1 saturated heterocycles. The lowest BCUT2D eigenvalue weighted by atomic mass is 9.90. The zero-order valence-electron chi connectivity index (χ0n) is 18.1. The lowest BCUT2D eigenvalue weighted by Gasteiger charge is -2.42. The average Bonchev–Trinajstić information content (AvgIpc) is 3.26. The number of hydrogen-bond donors (Lipinski definition) is 0. The third-order valence-corrected chi connectivity index (χ3v) is 15.9. The third kappa shape index (κ3) is 4.22. The third-order valence-electron chi connectivity index (χ3n) is 7.73. The summed E-state index contributed by atoms with van der Waals surface area (Å²) in [6.45, 7) is 8.63. The fraction of sp³-hybridized carbons (Fsp3) is 1.00. The maximum absolute atomic E-state index is 7.65. The van der Waals surface area contributed by atoms with E-state index < -0.39 is 16.2 Å². The first kappa shape index (κ1) is 22.2. The van der Waals surface area contributed by atoms with Gasteiger partial charge in [0.05, 0.1) is 44.0 Å². The van der Waals surface area contributed by atoms with E-state index in [1.807, 2.05) is 14.2 Å². The van der Waals surface area contributed by atoms with Crippen molar-refractivity contribution in [3.63, 3.8) is 0 Å². The Kier molecular flexibility index (Phi) is 8.27. The van der Waals surface area contributed by atoms with E-state index in [1.54, 1.807) is 0 Å². The molecule has 3 rings (SSSR count). The van der Waals surface area contributed by atoms with Gasteiger partial charge in [0.1, 0.15) is 7.44 Å². The van der Waals surface area contributed by atoms with Gasteiger partial charge >= 0.3 is 7.57 Å². The summed E-state index contributed by atoms with van der Waals surface area (Å²) in [6, 6.07) is 2.69. The number of rotatable bonds is 9. The molecule has 7 heteroatoms. The lowest BCUT2D eigenvalue weighted by Crippen LogP contribution is -2.41. The van der Waals surface area contributed by atoms with Gasteiger partial charge in [-0.1, -0.05) is 32.4 Å². The molecule has 1 heterocycles. The molecule has 27 heavy (non-hydrogen) atoms. The number of nitrogens with zero attached hydrogens (tertiary/aromatic N) is 2. The number of ether oxygens (including phenoxy) is 2. The molecule has 0 amide bonds. The Balaban J connectivity index is 1.96. The molecule has 5 atom stereocenters. The molecule has 0 N–H and O–H groups in total. The Hall–Kier alpha value is 0.552. The summed E-state index contributed by atoms with van der Waals surface area (Å²) in [7, 11) is 8.77. The average molecular weight is 411 g/mol. The standard InChI is InChI=1S/C20H41BN2O2PSi/c1-5-27(4)20-12-8-11-19(20)26(21)22(13-15-24-2)17-9-6-7-10-18(17)23(26)14-16-25-3/h17-20,27H,5-16H2,1-4H3/q+1. The highest BCUT2D eigenvalue weighted by Gasteiger charge is 2.66. The highest BCUT2D eigenvalue weighted by molar-refractivity contribution is 7.94. The zero-order chi connectivity index (χ0) is 19.4. The van der Waals surface area contributed by atoms with Crippen molar-refractivity contribution in [2.24, 2.45) is 0 Å². The largest absolute Gasteiger partial charge is 0.409 e. The van der Waals surface area contributed by atoms with E-state index in [1.165, 1.54) is 51.0 Å². The zero-order valence-corrected chi connectivity index (χ0v) is 20.2. The van der Waals surface area contributed by atoms with Gasteiger partial charge in [0.25, 0.3) is 0 Å². The molecule has 2 aliphatic carbocycles. The van der Waals surface area contributed by atoms with Crippen LogP contribution in [0.25, 0.3) is 0 Å². The predicted octanol–water partition coefficient (Wildman–Crippen LogP) is 3.94. The summed E-state index contributed by atoms with van der Waals surface area (Å²) < 4.78 is 16.7. The summed E-state index contributed by atoms with van der Waals surface area (Å²) in [6.07, 6.45) is 9.50. The van der Waals surface area contributed by atoms with Crippen molar-refractivity contribution >= 4 is 23.8 Å². The van der Waals surface area contributed by atoms with Crippen LogP contribution in [0.15, 0.2) is 0 Å². The van der Waals surface area contributed by atoms with Crippen LogP contribution in [0, 0.1) is 0 Å². The minimum absolute atomic E-state index is 0.643. The molecule has 2 radical (unpaired) electrons. The topological polar surface area (TPSA) is 24.9 Å². The Bertz CT molecular complexity index is 451. The quantitative estimate of drug-likeness (QED) is 0.424. The van der Waals surface area contributed by atoms with Gasteiger partial charge < -0.3 is 9.47 Å². The molecule has 0 bridgehead atoms. The van der Waals surface area contributed by atoms with Gasteiger partial charge in [0.15, 0.2) is 0 Å². The molecule has 3 aliphatic rings. The fourth-order valence-corrected chi connectivity index (χ4v) is 14.8. The number of fused-ring (bicyclic) bond motifs is 1. The fourth-order valence-electron chi connectivity index (χ4n) is 6.22. The number of hydrogen-bond acceptors (Lipinski definition) is 4. The molecule has 0 aromatic rings. The molecule has 1 aliphatic heterocycles. The smallest absolute Gasteiger partial charge is 0.383 e. The minimum atomic E-state index is -1.83. The molecule has 5 unspecified atom stereocenters. The van der Waals surface area contributed by atoms with Crippen molar-refractivity contribution in [2.75, 3.05) is 40.5 Å². The van der Waals surface area contributed by atoms with Gasteiger partial charge in [-0.05, 0) is 37.6 Å². The predicted molar refractivity (Wildman–Crippen MR) is 121 cm³/mol. The molecule has 3 fully saturated rings. The van der Waals surface area contributed by atoms with Crippen molar-refractivity contribution < 1.29 is 9.47 Å². The SMILES string of the molecule is [B][P+]1(C2CCCC2[SiH](C)CC)N(CCOC)C2CCCCC2N1CCOC. The maximum Gasteiger partial charge on any atom is 0.409 e. The van der Waals surface area contributed by atoms with Crippen LogP contribution in [-0.4, -0.2) is 84.0 Å². The highest BCUT2D eigenvalue weighted by Crippen LogP contribution is 2.76. The first-order chi connectivity index (χ1) is 13.1. The van der Waals surface area contributed by atoms with E-state index in [-0.39, 0.29) is 0 Å². The molecule has 4 nitrogen and oxygen atoms in total. The van der Waals surface area contributed by atoms with Crippen molar-refractivity contribution in [3.8, 4) is 0 Å². The van der Waals surface area contributed by atoms with Crippen LogP contribution in [0.5, 0.6) is 0 Å². The molecule has 154 valence electrons. The molecular weight excluding hydrogens is 370 g/mol. The number of methoxy groups -OCH3 is 2. The van der Waals surface area contributed by atoms with E-state index >= 15 is 0 Å². The first-order valence-corrected chi connectivity index (χ1v) is 15.8. The van der Waals surface area contributed by atoms with Gasteiger partial charge in [-0.3, -0.25) is 0 Å². The van der Waals surface area contributed by atoms with Crippen molar-refractivity contribution in [1.82, 2.24) is 9.34 Å². The second-order valence-corrected chi connectivity index (χ2v) is 15.7. The van der Waals surface area contributed by atoms with E-state index in [0.717, 1.165) is 37.5 Å². The second-order valence-electron chi connectivity index (χ2n) is 8.98. The minimum Gasteiger partial charge on any atom is -0.383 e. The van der Waals surface area contributed by atoms with Crippen molar-refractivity contribution in [2.45, 2.75) is 87.7 Å². The van der Waals surface area contributed by atoms with Crippen LogP contribution in [0.4, 0.5) is 0 Å². The lowest BCUT2D eigenvalue weighted by molar-refractivity contribution is 0.136. The normalized spacial score (nSPS) is 39.0. The van der Waals surface area contributed by atoms with E-state index in [4.69, 9.17) is 17.0 Å². The van der Waals surface area contributed by atoms with E-state index in [2.05, 4.69) is 22.8 Å². The van der Waals surface area contributed by atoms with E-state index in [9.17, 15) is 0 Å². The van der Waals surface area contributed by atoms with Gasteiger partial charge in [-0.2, -0.15) is 9.34 Å². The van der Waals surface area contributed by atoms with Crippen LogP contribution in [-0.2, 0) is 9.47 Å². The highest BCUT2D eigenvalue weighted by atomic mass is 31.2. The van der Waals surface area contributed by atoms with Gasteiger partial charge in [0, 0.05) is 23.0 Å². The summed E-state index contributed by atoms with van der Waals surface area (Å²) in [5.74, 6) is 0. The van der Waals surface area contributed by atoms with E-state index in [0.29, 0.717) is 12.1 Å². The molecule has 0 spiro atoms. The van der Waals surface area contributed by atoms with Crippen LogP contribution in [0.1, 0.15) is 51.9 Å². The Morgan fingerprint density at radius 1 is 0.926 bits per heavy atom. The van der Waals surface area contributed by atoms with Crippen molar-refractivity contribution in [3.05, 3.63) is 0 Å². The second kappa shape index (κ2) is 10.0. The van der Waals surface area contributed by atoms with Crippen LogP contribution in [0.3, 0.4) is 0 Å². The van der Waals surface area contributed by atoms with Crippen LogP contribution < -0.4 is 0 Å². The molecule has 0 aromatic heterocycles. The van der Waals surface area contributed by atoms with Gasteiger partial charge in [-0.15, -0.1) is 0 Å². The molecular formula is C20H41BN2O2PSi+. The summed E-state index contributed by atoms with van der Waals surface area (Å²) in [5.41, 5.74) is 1.64. The molecule has 2 saturated carbocycles. The van der Waals surface area contributed by atoms with Gasteiger partial charge in [-0.25, -0.2) is 0 Å². The van der Waals surface area contributed by atoms with Crippen molar-refractivity contribution in [1.29, 1.82) is 0 Å². The van der Waals surface area contributed by atoms with Crippen LogP contribution >= 0.6 is 7.44 Å². The summed E-state index contributed by atoms with van der Waals surface area (Å²) >= 11 is 0. The van der Waals surface area contributed by atoms with Gasteiger partial charge in [0.2, 0.25) is 0 Å². The Morgan fingerprint density at radius 2 is 1.48 bits per heavy atom. The Morgan fingerprint density at radius 3 is 1.96 bits per heavy atom.